The Labute approximate surface area is 60.6 Å². The highest BCUT2D eigenvalue weighted by Gasteiger charge is 2.18. The maximum atomic E-state index is 10.4. The van der Waals surface area contributed by atoms with Gasteiger partial charge in [0, 0.05) is 0 Å². The van der Waals surface area contributed by atoms with Crippen molar-refractivity contribution in [3.05, 3.63) is 10.8 Å². The highest BCUT2D eigenvalue weighted by molar-refractivity contribution is 8.09. The van der Waals surface area contributed by atoms with Crippen LogP contribution in [0.1, 0.15) is 0 Å². The van der Waals surface area contributed by atoms with Crippen molar-refractivity contribution in [2.75, 3.05) is 5.94 Å². The van der Waals surface area contributed by atoms with Gasteiger partial charge in [0.1, 0.15) is 5.94 Å². The van der Waals surface area contributed by atoms with E-state index in [1.807, 2.05) is 0 Å². The van der Waals surface area contributed by atoms with Crippen LogP contribution < -0.4 is 0 Å². The van der Waals surface area contributed by atoms with Gasteiger partial charge in [0.15, 0.2) is 15.3 Å². The standard InChI is InChI=1S/C3H6O5S2/c1-3(9(5)6)10(7,8)2-4/h4H,1-2H2,(H,5,6). The molecule has 0 amide bonds. The van der Waals surface area contributed by atoms with Crippen molar-refractivity contribution in [2.45, 2.75) is 0 Å². The Morgan fingerprint density at radius 2 is 2.00 bits per heavy atom. The third-order valence-electron chi connectivity index (χ3n) is 0.712. The maximum Gasteiger partial charge on any atom is 0.212 e. The molecular formula is C3H6O5S2. The molecule has 0 aromatic carbocycles. The van der Waals surface area contributed by atoms with Crippen LogP contribution in [0.3, 0.4) is 0 Å². The summed E-state index contributed by atoms with van der Waals surface area (Å²) in [5.41, 5.74) is 0. The fourth-order valence-electron chi connectivity index (χ4n) is 0.181. The van der Waals surface area contributed by atoms with E-state index in [2.05, 4.69) is 6.58 Å². The molecule has 1 atom stereocenters. The van der Waals surface area contributed by atoms with Crippen molar-refractivity contribution in [1.82, 2.24) is 0 Å². The zero-order chi connectivity index (χ0) is 8.36. The normalized spacial score (nSPS) is 14.6. The minimum absolute atomic E-state index is 0.880. The van der Waals surface area contributed by atoms with Crippen LogP contribution in [-0.2, 0) is 20.9 Å². The number of aliphatic hydroxyl groups excluding tert-OH is 1. The number of sulfone groups is 1. The van der Waals surface area contributed by atoms with E-state index in [1.54, 1.807) is 0 Å². The quantitative estimate of drug-likeness (QED) is 0.554. The molecule has 0 aliphatic heterocycles. The zero-order valence-corrected chi connectivity index (χ0v) is 6.48. The summed E-state index contributed by atoms with van der Waals surface area (Å²) < 4.78 is 38.2. The second kappa shape index (κ2) is 3.24. The van der Waals surface area contributed by atoms with Crippen LogP contribution in [-0.4, -0.2) is 28.2 Å². The first kappa shape index (κ1) is 9.76. The molecule has 60 valence electrons. The maximum absolute atomic E-state index is 10.4. The van der Waals surface area contributed by atoms with Crippen molar-refractivity contribution < 1.29 is 22.3 Å². The molecule has 0 saturated heterocycles. The highest BCUT2D eigenvalue weighted by Crippen LogP contribution is 2.05. The molecule has 2 N–H and O–H groups in total. The molecule has 0 heterocycles. The van der Waals surface area contributed by atoms with Crippen molar-refractivity contribution in [3.8, 4) is 0 Å². The first-order valence-electron chi connectivity index (χ1n) is 2.05. The van der Waals surface area contributed by atoms with Gasteiger partial charge < -0.3 is 9.66 Å². The Kier molecular flexibility index (Phi) is 3.16. The lowest BCUT2D eigenvalue weighted by molar-refractivity contribution is 0.360. The van der Waals surface area contributed by atoms with E-state index in [0.29, 0.717) is 0 Å². The SMILES string of the molecule is C=C(S(=O)O)S(=O)(=O)CO. The van der Waals surface area contributed by atoms with Gasteiger partial charge in [-0.1, -0.05) is 6.58 Å². The van der Waals surface area contributed by atoms with E-state index >= 15 is 0 Å². The van der Waals surface area contributed by atoms with Crippen LogP contribution >= 0.6 is 0 Å². The summed E-state index contributed by atoms with van der Waals surface area (Å²) in [5.74, 6) is -1.20. The Bertz CT molecular complexity index is 250. The molecule has 0 fully saturated rings. The van der Waals surface area contributed by atoms with Crippen LogP contribution in [0.15, 0.2) is 10.8 Å². The van der Waals surface area contributed by atoms with Crippen molar-refractivity contribution in [3.63, 3.8) is 0 Å². The smallest absolute Gasteiger partial charge is 0.212 e. The number of rotatable bonds is 3. The fraction of sp³-hybridized carbons (Fsp3) is 0.333. The summed E-state index contributed by atoms with van der Waals surface area (Å²) >= 11 is -2.62. The van der Waals surface area contributed by atoms with Gasteiger partial charge in [0.05, 0.1) is 0 Å². The summed E-state index contributed by atoms with van der Waals surface area (Å²) in [6.45, 7) is 2.80. The summed E-state index contributed by atoms with van der Waals surface area (Å²) in [4.78, 5) is 0. The van der Waals surface area contributed by atoms with Crippen LogP contribution in [0, 0.1) is 0 Å². The lowest BCUT2D eigenvalue weighted by Crippen LogP contribution is -2.10. The second-order valence-electron chi connectivity index (χ2n) is 1.37. The van der Waals surface area contributed by atoms with E-state index < -0.39 is 31.1 Å². The topological polar surface area (TPSA) is 91.7 Å². The average molecular weight is 186 g/mol. The van der Waals surface area contributed by atoms with E-state index in [-0.39, 0.29) is 0 Å². The molecule has 0 aliphatic carbocycles. The molecule has 5 nitrogen and oxygen atoms in total. The minimum atomic E-state index is -3.99. The molecule has 7 heteroatoms. The molecule has 0 radical (unpaired) electrons. The van der Waals surface area contributed by atoms with Gasteiger partial charge in [-0.2, -0.15) is 0 Å². The molecule has 0 aromatic rings. The third-order valence-corrected chi connectivity index (χ3v) is 3.32. The largest absolute Gasteiger partial charge is 0.380 e. The molecule has 0 saturated carbocycles. The van der Waals surface area contributed by atoms with Crippen LogP contribution in [0.2, 0.25) is 0 Å². The summed E-state index contributed by atoms with van der Waals surface area (Å²) in [5, 5.41) is 8.12. The molecule has 1 unspecified atom stereocenters. The third kappa shape index (κ3) is 2.18. The molecule has 0 aliphatic rings. The van der Waals surface area contributed by atoms with Crippen LogP contribution in [0.5, 0.6) is 0 Å². The zero-order valence-electron chi connectivity index (χ0n) is 4.85. The summed E-state index contributed by atoms with van der Waals surface area (Å²) in [6.07, 6.45) is 0. The first-order chi connectivity index (χ1) is 4.41. The minimum Gasteiger partial charge on any atom is -0.380 e. The molecule has 10 heavy (non-hydrogen) atoms. The Morgan fingerprint density at radius 3 is 2.10 bits per heavy atom. The van der Waals surface area contributed by atoms with E-state index in [1.165, 1.54) is 0 Å². The van der Waals surface area contributed by atoms with Gasteiger partial charge in [-0.3, -0.25) is 0 Å². The summed E-state index contributed by atoms with van der Waals surface area (Å²) in [6, 6.07) is 0. The molecule has 0 bridgehead atoms. The fourth-order valence-corrected chi connectivity index (χ4v) is 1.35. The second-order valence-corrected chi connectivity index (χ2v) is 4.60. The predicted octanol–water partition coefficient (Wildman–Crippen LogP) is -0.956. The van der Waals surface area contributed by atoms with Crippen molar-refractivity contribution in [1.29, 1.82) is 0 Å². The molecular weight excluding hydrogens is 180 g/mol. The van der Waals surface area contributed by atoms with Gasteiger partial charge in [-0.15, -0.1) is 0 Å². The van der Waals surface area contributed by atoms with Crippen LogP contribution in [0.25, 0.3) is 0 Å². The lowest BCUT2D eigenvalue weighted by Gasteiger charge is -1.97. The monoisotopic (exact) mass is 186 g/mol. The predicted molar refractivity (Wildman–Crippen MR) is 35.9 cm³/mol. The van der Waals surface area contributed by atoms with Gasteiger partial charge in [-0.25, -0.2) is 12.6 Å². The van der Waals surface area contributed by atoms with Crippen molar-refractivity contribution >= 4 is 20.9 Å². The highest BCUT2D eigenvalue weighted by atomic mass is 32.3. The molecule has 0 spiro atoms. The van der Waals surface area contributed by atoms with Gasteiger partial charge in [-0.05, 0) is 0 Å². The number of hydrogen-bond donors (Lipinski definition) is 2. The Hall–Kier alpha value is -0.240. The van der Waals surface area contributed by atoms with Crippen molar-refractivity contribution in [2.24, 2.45) is 0 Å². The molecule has 0 rings (SSSR count). The Morgan fingerprint density at radius 1 is 1.60 bits per heavy atom. The van der Waals surface area contributed by atoms with E-state index in [4.69, 9.17) is 9.66 Å². The average Bonchev–Trinajstić information content (AvgIpc) is 1.86. The van der Waals surface area contributed by atoms with Gasteiger partial charge in [0.2, 0.25) is 9.84 Å². The Balaban J connectivity index is 4.70. The lowest BCUT2D eigenvalue weighted by atomic mass is 11.3. The van der Waals surface area contributed by atoms with E-state index in [0.717, 1.165) is 0 Å². The number of hydrogen-bond acceptors (Lipinski definition) is 4. The summed E-state index contributed by atoms with van der Waals surface area (Å²) in [7, 11) is -3.99. The number of aliphatic hydroxyl groups is 1. The van der Waals surface area contributed by atoms with Gasteiger partial charge in [0.25, 0.3) is 0 Å². The molecule has 0 aromatic heterocycles. The van der Waals surface area contributed by atoms with E-state index in [9.17, 15) is 12.6 Å². The first-order valence-corrected chi connectivity index (χ1v) is 4.81. The van der Waals surface area contributed by atoms with Gasteiger partial charge >= 0.3 is 0 Å². The van der Waals surface area contributed by atoms with Crippen LogP contribution in [0.4, 0.5) is 0 Å².